The van der Waals surface area contributed by atoms with Crippen LogP contribution in [0.3, 0.4) is 0 Å². The molecule has 0 radical (unpaired) electrons. The highest BCUT2D eigenvalue weighted by Gasteiger charge is 2.35. The van der Waals surface area contributed by atoms with Crippen molar-refractivity contribution in [3.63, 3.8) is 0 Å². The number of nitrogen functional groups attached to an aromatic ring is 1. The number of anilines is 1. The molecule has 1 saturated carbocycles. The standard InChI is InChI=1S/C14H24N4O2S/c1-14(2)8-6-11(7-9-14)18(3)21(19,20)12-5-4-10-16-13(12)17-15/h4-5,10-11H,6-9,15H2,1-3H3,(H,16,17). The van der Waals surface area contributed by atoms with E-state index in [4.69, 9.17) is 5.84 Å². The van der Waals surface area contributed by atoms with Crippen LogP contribution in [0, 0.1) is 5.41 Å². The predicted molar refractivity (Wildman–Crippen MR) is 83.0 cm³/mol. The summed E-state index contributed by atoms with van der Waals surface area (Å²) in [6, 6.07) is 3.17. The fourth-order valence-electron chi connectivity index (χ4n) is 2.81. The van der Waals surface area contributed by atoms with Crippen LogP contribution >= 0.6 is 0 Å². The minimum Gasteiger partial charge on any atom is -0.307 e. The Kier molecular flexibility index (Phi) is 4.55. The lowest BCUT2D eigenvalue weighted by Crippen LogP contribution is -2.41. The maximum absolute atomic E-state index is 12.8. The zero-order chi connectivity index (χ0) is 15.7. The molecule has 1 aliphatic carbocycles. The Balaban J connectivity index is 2.23. The highest BCUT2D eigenvalue weighted by molar-refractivity contribution is 7.89. The Morgan fingerprint density at radius 1 is 1.38 bits per heavy atom. The Bertz CT molecular complexity index is 591. The Morgan fingerprint density at radius 2 is 2.00 bits per heavy atom. The number of pyridine rings is 1. The van der Waals surface area contributed by atoms with E-state index in [1.165, 1.54) is 16.6 Å². The average Bonchev–Trinajstić information content (AvgIpc) is 2.46. The van der Waals surface area contributed by atoms with Gasteiger partial charge in [-0.2, -0.15) is 4.31 Å². The van der Waals surface area contributed by atoms with Crippen molar-refractivity contribution >= 4 is 15.8 Å². The van der Waals surface area contributed by atoms with Crippen molar-refractivity contribution in [3.8, 4) is 0 Å². The molecule has 0 saturated heterocycles. The summed E-state index contributed by atoms with van der Waals surface area (Å²) >= 11 is 0. The van der Waals surface area contributed by atoms with E-state index in [-0.39, 0.29) is 16.8 Å². The molecule has 1 fully saturated rings. The summed E-state index contributed by atoms with van der Waals surface area (Å²) < 4.78 is 27.0. The molecule has 0 aromatic carbocycles. The van der Waals surface area contributed by atoms with E-state index < -0.39 is 10.0 Å². The van der Waals surface area contributed by atoms with Gasteiger partial charge in [0.2, 0.25) is 10.0 Å². The molecule has 3 N–H and O–H groups in total. The van der Waals surface area contributed by atoms with Crippen LogP contribution in [0.5, 0.6) is 0 Å². The summed E-state index contributed by atoms with van der Waals surface area (Å²) in [6.45, 7) is 4.46. The maximum Gasteiger partial charge on any atom is 0.246 e. The zero-order valence-electron chi connectivity index (χ0n) is 12.8. The summed E-state index contributed by atoms with van der Waals surface area (Å²) in [5.74, 6) is 5.55. The lowest BCUT2D eigenvalue weighted by atomic mass is 9.76. The summed E-state index contributed by atoms with van der Waals surface area (Å²) in [7, 11) is -1.95. The van der Waals surface area contributed by atoms with E-state index in [1.807, 2.05) is 0 Å². The minimum absolute atomic E-state index is 0.0360. The molecule has 0 bridgehead atoms. The van der Waals surface area contributed by atoms with Crippen molar-refractivity contribution in [2.75, 3.05) is 12.5 Å². The molecule has 7 heteroatoms. The van der Waals surface area contributed by atoms with E-state index in [0.717, 1.165) is 25.7 Å². The van der Waals surface area contributed by atoms with Crippen molar-refractivity contribution in [1.82, 2.24) is 9.29 Å². The van der Waals surface area contributed by atoms with Crippen LogP contribution in [0.1, 0.15) is 39.5 Å². The molecule has 21 heavy (non-hydrogen) atoms. The lowest BCUT2D eigenvalue weighted by molar-refractivity contribution is 0.174. The predicted octanol–water partition coefficient (Wildman–Crippen LogP) is 1.96. The highest BCUT2D eigenvalue weighted by Crippen LogP contribution is 2.38. The van der Waals surface area contributed by atoms with Crippen LogP contribution < -0.4 is 11.3 Å². The van der Waals surface area contributed by atoms with E-state index in [0.29, 0.717) is 5.41 Å². The van der Waals surface area contributed by atoms with E-state index in [1.54, 1.807) is 13.1 Å². The first-order valence-corrected chi connectivity index (χ1v) is 8.61. The SMILES string of the molecule is CN(C1CCC(C)(C)CC1)S(=O)(=O)c1cccnc1NN. The number of nitrogens with two attached hydrogens (primary N) is 1. The van der Waals surface area contributed by atoms with Gasteiger partial charge in [0.15, 0.2) is 5.82 Å². The molecule has 0 atom stereocenters. The smallest absolute Gasteiger partial charge is 0.246 e. The summed E-state index contributed by atoms with van der Waals surface area (Å²) in [5, 5.41) is 0. The van der Waals surface area contributed by atoms with Gasteiger partial charge in [0.05, 0.1) is 0 Å². The van der Waals surface area contributed by atoms with Crippen molar-refractivity contribution in [1.29, 1.82) is 0 Å². The monoisotopic (exact) mass is 312 g/mol. The second-order valence-electron chi connectivity index (χ2n) is 6.41. The molecule has 0 unspecified atom stereocenters. The van der Waals surface area contributed by atoms with E-state index >= 15 is 0 Å². The van der Waals surface area contributed by atoms with E-state index in [2.05, 4.69) is 24.3 Å². The largest absolute Gasteiger partial charge is 0.307 e. The third-order valence-electron chi connectivity index (χ3n) is 4.39. The van der Waals surface area contributed by atoms with Crippen LogP contribution in [0.2, 0.25) is 0 Å². The molecule has 0 spiro atoms. The molecule has 6 nitrogen and oxygen atoms in total. The lowest BCUT2D eigenvalue weighted by Gasteiger charge is -2.38. The van der Waals surface area contributed by atoms with Gasteiger partial charge in [-0.05, 0) is 43.2 Å². The fourth-order valence-corrected chi connectivity index (χ4v) is 4.33. The highest BCUT2D eigenvalue weighted by atomic mass is 32.2. The second-order valence-corrected chi connectivity index (χ2v) is 8.38. The van der Waals surface area contributed by atoms with Crippen LogP contribution in [0.25, 0.3) is 0 Å². The number of sulfonamides is 1. The summed E-state index contributed by atoms with van der Waals surface area (Å²) in [4.78, 5) is 4.10. The first-order valence-electron chi connectivity index (χ1n) is 7.17. The van der Waals surface area contributed by atoms with Gasteiger partial charge >= 0.3 is 0 Å². The number of hydrogen-bond acceptors (Lipinski definition) is 5. The third kappa shape index (κ3) is 3.36. The second kappa shape index (κ2) is 5.90. The first-order chi connectivity index (χ1) is 9.78. The number of hydrogen-bond donors (Lipinski definition) is 2. The molecule has 118 valence electrons. The topological polar surface area (TPSA) is 88.3 Å². The number of aromatic nitrogens is 1. The average molecular weight is 312 g/mol. The van der Waals surface area contributed by atoms with Crippen LogP contribution in [-0.2, 0) is 10.0 Å². The van der Waals surface area contributed by atoms with Gasteiger partial charge in [-0.15, -0.1) is 0 Å². The molecule has 1 aliphatic rings. The van der Waals surface area contributed by atoms with E-state index in [9.17, 15) is 8.42 Å². The summed E-state index contributed by atoms with van der Waals surface area (Å²) in [5.41, 5.74) is 2.66. The molecular weight excluding hydrogens is 288 g/mol. The third-order valence-corrected chi connectivity index (χ3v) is 6.33. The number of hydrazine groups is 1. The van der Waals surface area contributed by atoms with Gasteiger partial charge in [-0.3, -0.25) is 0 Å². The van der Waals surface area contributed by atoms with Gasteiger partial charge < -0.3 is 5.43 Å². The number of rotatable bonds is 4. The molecule has 0 amide bonds. The van der Waals surface area contributed by atoms with Gasteiger partial charge in [0.1, 0.15) is 4.90 Å². The zero-order valence-corrected chi connectivity index (χ0v) is 13.7. The van der Waals surface area contributed by atoms with Crippen molar-refractivity contribution in [3.05, 3.63) is 18.3 Å². The maximum atomic E-state index is 12.8. The first kappa shape index (κ1) is 16.2. The minimum atomic E-state index is -3.59. The van der Waals surface area contributed by atoms with Crippen LogP contribution in [0.4, 0.5) is 5.82 Å². The molecule has 1 heterocycles. The van der Waals surface area contributed by atoms with Gasteiger partial charge in [-0.1, -0.05) is 13.8 Å². The fraction of sp³-hybridized carbons (Fsp3) is 0.643. The quantitative estimate of drug-likeness (QED) is 0.655. The normalized spacial score (nSPS) is 19.7. The molecule has 1 aromatic heterocycles. The summed E-state index contributed by atoms with van der Waals surface area (Å²) in [6.07, 6.45) is 5.35. The molecule has 2 rings (SSSR count). The Hall–Kier alpha value is -1.18. The van der Waals surface area contributed by atoms with Gasteiger partial charge in [-0.25, -0.2) is 19.2 Å². The number of nitrogens with one attached hydrogen (secondary N) is 1. The van der Waals surface area contributed by atoms with Gasteiger partial charge in [0, 0.05) is 19.3 Å². The van der Waals surface area contributed by atoms with Crippen LogP contribution in [-0.4, -0.2) is 30.8 Å². The van der Waals surface area contributed by atoms with Gasteiger partial charge in [0.25, 0.3) is 0 Å². The van der Waals surface area contributed by atoms with Crippen molar-refractivity contribution in [2.45, 2.75) is 50.5 Å². The molecule has 0 aliphatic heterocycles. The molecule has 1 aromatic rings. The van der Waals surface area contributed by atoms with Crippen molar-refractivity contribution in [2.24, 2.45) is 11.3 Å². The molecular formula is C14H24N4O2S. The number of nitrogens with zero attached hydrogens (tertiary/aromatic N) is 2. The van der Waals surface area contributed by atoms with Crippen molar-refractivity contribution < 1.29 is 8.42 Å². The van der Waals surface area contributed by atoms with Crippen LogP contribution in [0.15, 0.2) is 23.2 Å². The Morgan fingerprint density at radius 3 is 2.57 bits per heavy atom. The Labute approximate surface area is 126 Å².